The maximum absolute atomic E-state index is 13.7. The predicted molar refractivity (Wildman–Crippen MR) is 94.9 cm³/mol. The van der Waals surface area contributed by atoms with Gasteiger partial charge >= 0.3 is 0 Å². The summed E-state index contributed by atoms with van der Waals surface area (Å²) >= 11 is 0. The van der Waals surface area contributed by atoms with Gasteiger partial charge in [-0.25, -0.2) is 4.39 Å². The monoisotopic (exact) mass is 338 g/mol. The first-order chi connectivity index (χ1) is 12.0. The van der Waals surface area contributed by atoms with E-state index in [9.17, 15) is 14.3 Å². The van der Waals surface area contributed by atoms with Crippen LogP contribution in [0.4, 0.5) is 4.39 Å². The highest BCUT2D eigenvalue weighted by Gasteiger charge is 2.16. The van der Waals surface area contributed by atoms with Crippen molar-refractivity contribution in [2.45, 2.75) is 20.0 Å². The Morgan fingerprint density at radius 2 is 1.96 bits per heavy atom. The highest BCUT2D eigenvalue weighted by Crippen LogP contribution is 2.19. The number of fused-ring (bicyclic) bond motifs is 1. The number of benzene rings is 2. The summed E-state index contributed by atoms with van der Waals surface area (Å²) < 4.78 is 13.7. The van der Waals surface area contributed by atoms with Gasteiger partial charge in [-0.05, 0) is 37.6 Å². The lowest BCUT2D eigenvalue weighted by atomic mass is 10.1. The van der Waals surface area contributed by atoms with Crippen LogP contribution in [0.5, 0.6) is 0 Å². The minimum Gasteiger partial charge on any atom is -0.386 e. The number of amides is 1. The van der Waals surface area contributed by atoms with E-state index in [2.05, 4.69) is 10.3 Å². The Morgan fingerprint density at radius 1 is 1.20 bits per heavy atom. The zero-order valence-corrected chi connectivity index (χ0v) is 14.1. The van der Waals surface area contributed by atoms with Gasteiger partial charge in [-0.2, -0.15) is 0 Å². The lowest BCUT2D eigenvalue weighted by Crippen LogP contribution is -2.29. The summed E-state index contributed by atoms with van der Waals surface area (Å²) in [6.07, 6.45) is -1.11. The van der Waals surface area contributed by atoms with Crippen LogP contribution < -0.4 is 5.32 Å². The lowest BCUT2D eigenvalue weighted by Gasteiger charge is -2.14. The van der Waals surface area contributed by atoms with Crippen molar-refractivity contribution in [1.29, 1.82) is 0 Å². The third kappa shape index (κ3) is 3.67. The summed E-state index contributed by atoms with van der Waals surface area (Å²) in [6.45, 7) is 3.68. The third-order valence-electron chi connectivity index (χ3n) is 4.13. The number of nitrogens with one attached hydrogen (secondary N) is 1. The quantitative estimate of drug-likeness (QED) is 0.766. The SMILES string of the molecule is Cc1ccc2cc(C(=O)NCC(O)c3ccccc3F)c(C)nc2c1. The maximum atomic E-state index is 13.7. The molecule has 0 spiro atoms. The van der Waals surface area contributed by atoms with Crippen LogP contribution in [0.15, 0.2) is 48.5 Å². The first-order valence-electron chi connectivity index (χ1n) is 8.04. The van der Waals surface area contributed by atoms with Crippen LogP contribution in [0.25, 0.3) is 10.9 Å². The second-order valence-corrected chi connectivity index (χ2v) is 6.06. The van der Waals surface area contributed by atoms with Gasteiger partial charge in [-0.1, -0.05) is 30.3 Å². The topological polar surface area (TPSA) is 62.2 Å². The summed E-state index contributed by atoms with van der Waals surface area (Å²) in [5.74, 6) is -0.842. The Labute approximate surface area is 145 Å². The standard InChI is InChI=1S/C20H19FN2O2/c1-12-7-8-14-10-16(13(2)23-18(14)9-12)20(25)22-11-19(24)15-5-3-4-6-17(15)21/h3-10,19,24H,11H2,1-2H3,(H,22,25). The molecule has 128 valence electrons. The van der Waals surface area contributed by atoms with E-state index >= 15 is 0 Å². The number of aliphatic hydroxyl groups excluding tert-OH is 1. The number of pyridine rings is 1. The minimum absolute atomic E-state index is 0.0782. The van der Waals surface area contributed by atoms with Gasteiger partial charge in [0.15, 0.2) is 0 Å². The molecule has 0 aliphatic carbocycles. The molecule has 1 heterocycles. The van der Waals surface area contributed by atoms with E-state index in [0.29, 0.717) is 11.3 Å². The van der Waals surface area contributed by atoms with Crippen molar-refractivity contribution in [3.05, 3.63) is 76.7 Å². The Bertz CT molecular complexity index is 940. The molecule has 1 unspecified atom stereocenters. The number of aryl methyl sites for hydroxylation is 2. The number of rotatable bonds is 4. The molecule has 25 heavy (non-hydrogen) atoms. The van der Waals surface area contributed by atoms with Crippen LogP contribution >= 0.6 is 0 Å². The number of halogens is 1. The molecule has 0 aliphatic heterocycles. The molecule has 3 rings (SSSR count). The van der Waals surface area contributed by atoms with Crippen molar-refractivity contribution < 1.29 is 14.3 Å². The van der Waals surface area contributed by atoms with Crippen LogP contribution in [0.2, 0.25) is 0 Å². The highest BCUT2D eigenvalue weighted by molar-refractivity contribution is 5.98. The fourth-order valence-electron chi connectivity index (χ4n) is 2.74. The number of carbonyl (C=O) groups excluding carboxylic acids is 1. The van der Waals surface area contributed by atoms with Gasteiger partial charge in [0.05, 0.1) is 22.9 Å². The Morgan fingerprint density at radius 3 is 2.72 bits per heavy atom. The van der Waals surface area contributed by atoms with Gasteiger partial charge in [0.2, 0.25) is 0 Å². The Balaban J connectivity index is 1.77. The Hall–Kier alpha value is -2.79. The fourth-order valence-corrected chi connectivity index (χ4v) is 2.74. The zero-order valence-electron chi connectivity index (χ0n) is 14.1. The molecule has 0 fully saturated rings. The van der Waals surface area contributed by atoms with Crippen molar-refractivity contribution in [1.82, 2.24) is 10.3 Å². The van der Waals surface area contributed by atoms with E-state index in [4.69, 9.17) is 0 Å². The highest BCUT2D eigenvalue weighted by atomic mass is 19.1. The molecule has 2 aromatic carbocycles. The molecule has 3 aromatic rings. The van der Waals surface area contributed by atoms with Crippen LogP contribution in [-0.2, 0) is 0 Å². The van der Waals surface area contributed by atoms with Crippen LogP contribution in [0.3, 0.4) is 0 Å². The van der Waals surface area contributed by atoms with Crippen LogP contribution in [-0.4, -0.2) is 22.5 Å². The van der Waals surface area contributed by atoms with E-state index in [1.165, 1.54) is 12.1 Å². The predicted octanol–water partition coefficient (Wildman–Crippen LogP) is 3.45. The molecule has 0 radical (unpaired) electrons. The maximum Gasteiger partial charge on any atom is 0.253 e. The second kappa shape index (κ2) is 6.99. The summed E-state index contributed by atoms with van der Waals surface area (Å²) in [7, 11) is 0. The molecule has 0 saturated carbocycles. The third-order valence-corrected chi connectivity index (χ3v) is 4.13. The molecule has 0 aliphatic rings. The number of aliphatic hydroxyl groups is 1. The molecule has 4 nitrogen and oxygen atoms in total. The normalized spacial score (nSPS) is 12.2. The number of hydrogen-bond donors (Lipinski definition) is 2. The molecule has 5 heteroatoms. The van der Waals surface area contributed by atoms with Crippen molar-refractivity contribution >= 4 is 16.8 Å². The first kappa shape index (κ1) is 17.0. The summed E-state index contributed by atoms with van der Waals surface area (Å²) in [5.41, 5.74) is 3.14. The van der Waals surface area contributed by atoms with Gasteiger partial charge in [0.1, 0.15) is 5.82 Å². The molecule has 0 saturated heterocycles. The average molecular weight is 338 g/mol. The zero-order chi connectivity index (χ0) is 18.0. The number of hydrogen-bond acceptors (Lipinski definition) is 3. The molecule has 0 bridgehead atoms. The number of carbonyl (C=O) groups is 1. The molecule has 1 amide bonds. The van der Waals surface area contributed by atoms with E-state index in [-0.39, 0.29) is 18.0 Å². The molecular formula is C20H19FN2O2. The molecule has 1 aromatic heterocycles. The smallest absolute Gasteiger partial charge is 0.253 e. The van der Waals surface area contributed by atoms with Crippen LogP contribution in [0, 0.1) is 19.7 Å². The molecular weight excluding hydrogens is 319 g/mol. The van der Waals surface area contributed by atoms with E-state index in [1.807, 2.05) is 25.1 Å². The van der Waals surface area contributed by atoms with E-state index in [1.54, 1.807) is 25.1 Å². The van der Waals surface area contributed by atoms with Gasteiger partial charge in [0.25, 0.3) is 5.91 Å². The van der Waals surface area contributed by atoms with Crippen molar-refractivity contribution in [2.75, 3.05) is 6.54 Å². The van der Waals surface area contributed by atoms with Gasteiger partial charge in [-0.3, -0.25) is 9.78 Å². The van der Waals surface area contributed by atoms with Crippen molar-refractivity contribution in [3.8, 4) is 0 Å². The molecule has 2 N–H and O–H groups in total. The second-order valence-electron chi connectivity index (χ2n) is 6.06. The largest absolute Gasteiger partial charge is 0.386 e. The first-order valence-corrected chi connectivity index (χ1v) is 8.04. The van der Waals surface area contributed by atoms with Gasteiger partial charge in [-0.15, -0.1) is 0 Å². The van der Waals surface area contributed by atoms with Gasteiger partial charge in [0, 0.05) is 17.5 Å². The van der Waals surface area contributed by atoms with Gasteiger partial charge < -0.3 is 10.4 Å². The van der Waals surface area contributed by atoms with E-state index in [0.717, 1.165) is 16.5 Å². The fraction of sp³-hybridized carbons (Fsp3) is 0.200. The van der Waals surface area contributed by atoms with Crippen molar-refractivity contribution in [3.63, 3.8) is 0 Å². The summed E-state index contributed by atoms with van der Waals surface area (Å²) in [6, 6.07) is 13.6. The number of aromatic nitrogens is 1. The lowest BCUT2D eigenvalue weighted by molar-refractivity contribution is 0.0913. The average Bonchev–Trinajstić information content (AvgIpc) is 2.59. The molecule has 1 atom stereocenters. The Kier molecular flexibility index (Phi) is 4.76. The number of nitrogens with zero attached hydrogens (tertiary/aromatic N) is 1. The summed E-state index contributed by atoms with van der Waals surface area (Å²) in [4.78, 5) is 16.9. The van der Waals surface area contributed by atoms with Crippen LogP contribution in [0.1, 0.15) is 33.3 Å². The van der Waals surface area contributed by atoms with Crippen molar-refractivity contribution in [2.24, 2.45) is 0 Å². The summed E-state index contributed by atoms with van der Waals surface area (Å²) in [5, 5.41) is 13.6. The van der Waals surface area contributed by atoms with E-state index < -0.39 is 11.9 Å². The minimum atomic E-state index is -1.11.